The van der Waals surface area contributed by atoms with E-state index in [0.29, 0.717) is 34.7 Å². The summed E-state index contributed by atoms with van der Waals surface area (Å²) in [6, 6.07) is 14.9. The highest BCUT2D eigenvalue weighted by atomic mass is 32.2. The molecule has 1 fully saturated rings. The normalized spacial score (nSPS) is 14.9. The molecule has 1 amide bonds. The third-order valence-corrected chi connectivity index (χ3v) is 5.44. The molecule has 0 aromatic heterocycles. The standard InChI is InChI=1S/C22H21NO4S2/c1-3-12-23-21(24)20(29-22(23)28)15-16-6-4-5-7-19(16)27-14-13-26-18-10-8-17(25-2)9-11-18/h3-11,15H,1,12-14H2,2H3/b20-15+. The Morgan fingerprint density at radius 1 is 1.07 bits per heavy atom. The summed E-state index contributed by atoms with van der Waals surface area (Å²) < 4.78 is 17.2. The number of rotatable bonds is 9. The third-order valence-electron chi connectivity index (χ3n) is 4.06. The minimum absolute atomic E-state index is 0.113. The predicted octanol–water partition coefficient (Wildman–Crippen LogP) is 4.54. The molecular formula is C22H21NO4S2. The predicted molar refractivity (Wildman–Crippen MR) is 121 cm³/mol. The third kappa shape index (κ3) is 5.40. The van der Waals surface area contributed by atoms with Crippen molar-refractivity contribution >= 4 is 40.3 Å². The van der Waals surface area contributed by atoms with Gasteiger partial charge in [-0.2, -0.15) is 0 Å². The molecule has 1 aliphatic heterocycles. The Labute approximate surface area is 179 Å². The van der Waals surface area contributed by atoms with Crippen LogP contribution in [0.1, 0.15) is 5.56 Å². The minimum Gasteiger partial charge on any atom is -0.497 e. The first-order valence-corrected chi connectivity index (χ1v) is 10.2. The largest absolute Gasteiger partial charge is 0.497 e. The van der Waals surface area contributed by atoms with Crippen molar-refractivity contribution in [2.24, 2.45) is 0 Å². The molecule has 0 N–H and O–H groups in total. The molecule has 1 aliphatic rings. The van der Waals surface area contributed by atoms with Crippen LogP contribution >= 0.6 is 24.0 Å². The fourth-order valence-electron chi connectivity index (χ4n) is 2.64. The van der Waals surface area contributed by atoms with Gasteiger partial charge in [0.25, 0.3) is 5.91 Å². The zero-order valence-corrected chi connectivity index (χ0v) is 17.6. The molecule has 1 heterocycles. The lowest BCUT2D eigenvalue weighted by Crippen LogP contribution is -2.27. The first-order valence-electron chi connectivity index (χ1n) is 8.97. The lowest BCUT2D eigenvalue weighted by molar-refractivity contribution is -0.121. The Bertz CT molecular complexity index is 925. The Morgan fingerprint density at radius 3 is 2.48 bits per heavy atom. The number of benzene rings is 2. The summed E-state index contributed by atoms with van der Waals surface area (Å²) in [5.74, 6) is 2.09. The smallest absolute Gasteiger partial charge is 0.266 e. The van der Waals surface area contributed by atoms with Crippen molar-refractivity contribution in [3.63, 3.8) is 0 Å². The number of hydrogen-bond acceptors (Lipinski definition) is 6. The lowest BCUT2D eigenvalue weighted by atomic mass is 10.2. The Morgan fingerprint density at radius 2 is 1.76 bits per heavy atom. The first-order chi connectivity index (χ1) is 14.1. The quantitative estimate of drug-likeness (QED) is 0.253. The molecule has 0 radical (unpaired) electrons. The van der Waals surface area contributed by atoms with E-state index in [0.717, 1.165) is 17.1 Å². The monoisotopic (exact) mass is 427 g/mol. The van der Waals surface area contributed by atoms with Gasteiger partial charge >= 0.3 is 0 Å². The van der Waals surface area contributed by atoms with Crippen LogP contribution in [0.3, 0.4) is 0 Å². The second kappa shape index (κ2) is 10.1. The van der Waals surface area contributed by atoms with E-state index in [-0.39, 0.29) is 5.91 Å². The van der Waals surface area contributed by atoms with E-state index in [9.17, 15) is 4.79 Å². The van der Waals surface area contributed by atoms with Gasteiger partial charge in [0.1, 0.15) is 34.8 Å². The highest BCUT2D eigenvalue weighted by Gasteiger charge is 2.31. The van der Waals surface area contributed by atoms with E-state index in [1.54, 1.807) is 13.2 Å². The SMILES string of the molecule is C=CCN1C(=O)/C(=C\c2ccccc2OCCOc2ccc(OC)cc2)SC1=S. The topological polar surface area (TPSA) is 48.0 Å². The maximum absolute atomic E-state index is 12.5. The van der Waals surface area contributed by atoms with E-state index in [1.807, 2.05) is 54.6 Å². The molecule has 2 aromatic rings. The van der Waals surface area contributed by atoms with Gasteiger partial charge in [-0.05, 0) is 36.4 Å². The number of methoxy groups -OCH3 is 1. The number of carbonyl (C=O) groups excluding carboxylic acids is 1. The van der Waals surface area contributed by atoms with Gasteiger partial charge in [0.15, 0.2) is 0 Å². The molecule has 0 bridgehead atoms. The summed E-state index contributed by atoms with van der Waals surface area (Å²) in [6.45, 7) is 4.83. The van der Waals surface area contributed by atoms with Gasteiger partial charge in [0, 0.05) is 12.1 Å². The summed E-state index contributed by atoms with van der Waals surface area (Å²) in [5, 5.41) is 0. The average molecular weight is 428 g/mol. The van der Waals surface area contributed by atoms with Gasteiger partial charge in [-0.1, -0.05) is 48.3 Å². The van der Waals surface area contributed by atoms with Crippen LogP contribution < -0.4 is 14.2 Å². The second-order valence-corrected chi connectivity index (χ2v) is 7.67. The van der Waals surface area contributed by atoms with Gasteiger partial charge in [0.2, 0.25) is 0 Å². The number of thioether (sulfide) groups is 1. The molecule has 0 saturated carbocycles. The van der Waals surface area contributed by atoms with E-state index in [1.165, 1.54) is 16.7 Å². The number of thiocarbonyl (C=S) groups is 1. The Hall–Kier alpha value is -2.77. The molecule has 2 aromatic carbocycles. The summed E-state index contributed by atoms with van der Waals surface area (Å²) in [5.41, 5.74) is 0.816. The second-order valence-electron chi connectivity index (χ2n) is 5.99. The maximum Gasteiger partial charge on any atom is 0.266 e. The van der Waals surface area contributed by atoms with Crippen molar-refractivity contribution in [1.82, 2.24) is 4.90 Å². The zero-order chi connectivity index (χ0) is 20.6. The highest BCUT2D eigenvalue weighted by molar-refractivity contribution is 8.26. The van der Waals surface area contributed by atoms with Gasteiger partial charge in [0.05, 0.1) is 12.0 Å². The molecular weight excluding hydrogens is 406 g/mol. The molecule has 7 heteroatoms. The van der Waals surface area contributed by atoms with Crippen LogP contribution in [0.15, 0.2) is 66.1 Å². The zero-order valence-electron chi connectivity index (χ0n) is 16.0. The van der Waals surface area contributed by atoms with Crippen LogP contribution in [-0.2, 0) is 4.79 Å². The van der Waals surface area contributed by atoms with Crippen molar-refractivity contribution in [3.8, 4) is 17.2 Å². The van der Waals surface area contributed by atoms with Crippen LogP contribution in [0.2, 0.25) is 0 Å². The average Bonchev–Trinajstić information content (AvgIpc) is 3.00. The van der Waals surface area contributed by atoms with Crippen molar-refractivity contribution in [1.29, 1.82) is 0 Å². The van der Waals surface area contributed by atoms with Gasteiger partial charge in [-0.25, -0.2) is 0 Å². The summed E-state index contributed by atoms with van der Waals surface area (Å²) in [4.78, 5) is 14.6. The number of amides is 1. The molecule has 5 nitrogen and oxygen atoms in total. The van der Waals surface area contributed by atoms with Crippen LogP contribution in [-0.4, -0.2) is 42.0 Å². The van der Waals surface area contributed by atoms with E-state index in [2.05, 4.69) is 6.58 Å². The van der Waals surface area contributed by atoms with Crippen molar-refractivity contribution in [2.75, 3.05) is 26.9 Å². The number of carbonyl (C=O) groups is 1. The van der Waals surface area contributed by atoms with Crippen LogP contribution in [0.25, 0.3) is 6.08 Å². The summed E-state index contributed by atoms with van der Waals surface area (Å²) in [7, 11) is 1.62. The summed E-state index contributed by atoms with van der Waals surface area (Å²) >= 11 is 6.57. The van der Waals surface area contributed by atoms with Crippen molar-refractivity contribution < 1.29 is 19.0 Å². The Kier molecular flexibility index (Phi) is 7.32. The fourth-order valence-corrected chi connectivity index (χ4v) is 3.91. The fraction of sp³-hybridized carbons (Fsp3) is 0.182. The van der Waals surface area contributed by atoms with Crippen LogP contribution in [0.5, 0.6) is 17.2 Å². The van der Waals surface area contributed by atoms with Crippen LogP contribution in [0.4, 0.5) is 0 Å². The summed E-state index contributed by atoms with van der Waals surface area (Å²) in [6.07, 6.45) is 3.47. The molecule has 3 rings (SSSR count). The van der Waals surface area contributed by atoms with Gasteiger partial charge in [-0.15, -0.1) is 6.58 Å². The highest BCUT2D eigenvalue weighted by Crippen LogP contribution is 2.34. The minimum atomic E-state index is -0.113. The molecule has 0 unspecified atom stereocenters. The van der Waals surface area contributed by atoms with Gasteiger partial charge < -0.3 is 14.2 Å². The van der Waals surface area contributed by atoms with E-state index < -0.39 is 0 Å². The van der Waals surface area contributed by atoms with Crippen molar-refractivity contribution in [2.45, 2.75) is 0 Å². The molecule has 0 atom stereocenters. The van der Waals surface area contributed by atoms with Gasteiger partial charge in [-0.3, -0.25) is 9.69 Å². The number of nitrogens with zero attached hydrogens (tertiary/aromatic N) is 1. The number of hydrogen-bond donors (Lipinski definition) is 0. The molecule has 0 spiro atoms. The van der Waals surface area contributed by atoms with Crippen LogP contribution in [0, 0.1) is 0 Å². The molecule has 0 aliphatic carbocycles. The molecule has 150 valence electrons. The maximum atomic E-state index is 12.5. The van der Waals surface area contributed by atoms with E-state index in [4.69, 9.17) is 26.4 Å². The van der Waals surface area contributed by atoms with E-state index >= 15 is 0 Å². The molecule has 1 saturated heterocycles. The number of para-hydroxylation sites is 1. The number of ether oxygens (including phenoxy) is 3. The Balaban J connectivity index is 1.61. The van der Waals surface area contributed by atoms with Crippen molar-refractivity contribution in [3.05, 3.63) is 71.7 Å². The molecule has 29 heavy (non-hydrogen) atoms. The lowest BCUT2D eigenvalue weighted by Gasteiger charge is -2.11. The first kappa shape index (κ1) is 21.0.